The van der Waals surface area contributed by atoms with Crippen molar-refractivity contribution in [2.24, 2.45) is 0 Å². The van der Waals surface area contributed by atoms with Gasteiger partial charge in [-0.05, 0) is 11.6 Å². The van der Waals surface area contributed by atoms with Gasteiger partial charge in [-0.25, -0.2) is 4.39 Å². The number of hydrogen-bond acceptors (Lipinski definition) is 3. The number of hydrogen-bond donors (Lipinski definition) is 0. The molecule has 0 amide bonds. The Morgan fingerprint density at radius 2 is 1.94 bits per heavy atom. The summed E-state index contributed by atoms with van der Waals surface area (Å²) in [6.45, 7) is 0. The van der Waals surface area contributed by atoms with Gasteiger partial charge in [0.2, 0.25) is 0 Å². The zero-order chi connectivity index (χ0) is 13.1. The summed E-state index contributed by atoms with van der Waals surface area (Å²) in [6, 6.07) is 9.68. The summed E-state index contributed by atoms with van der Waals surface area (Å²) in [6.07, 6.45) is 0.542. The van der Waals surface area contributed by atoms with E-state index in [0.717, 1.165) is 6.07 Å². The molecule has 90 valence electrons. The minimum absolute atomic E-state index is 0.105. The summed E-state index contributed by atoms with van der Waals surface area (Å²) in [5.74, 6) is -0.583. The van der Waals surface area contributed by atoms with E-state index in [-0.39, 0.29) is 16.8 Å². The highest BCUT2D eigenvalue weighted by molar-refractivity contribution is 5.77. The van der Waals surface area contributed by atoms with E-state index >= 15 is 0 Å². The molecule has 0 unspecified atom stereocenters. The Morgan fingerprint density at radius 1 is 1.17 bits per heavy atom. The molecule has 0 saturated heterocycles. The molecule has 0 N–H and O–H groups in total. The number of nitrogens with zero attached hydrogens (tertiary/aromatic N) is 1. The zero-order valence-corrected chi connectivity index (χ0v) is 9.17. The molecular formula is C13H8FNO3. The van der Waals surface area contributed by atoms with Crippen LogP contribution in [0.25, 0.3) is 11.1 Å². The molecule has 0 aliphatic rings. The van der Waals surface area contributed by atoms with Crippen molar-refractivity contribution in [3.8, 4) is 11.1 Å². The first-order chi connectivity index (χ1) is 8.61. The van der Waals surface area contributed by atoms with Gasteiger partial charge in [0.05, 0.1) is 4.92 Å². The lowest BCUT2D eigenvalue weighted by Gasteiger charge is -2.03. The van der Waals surface area contributed by atoms with Gasteiger partial charge in [0, 0.05) is 23.3 Å². The van der Waals surface area contributed by atoms with Crippen LogP contribution in [-0.2, 0) is 0 Å². The lowest BCUT2D eigenvalue weighted by atomic mass is 10.0. The molecule has 0 heterocycles. The van der Waals surface area contributed by atoms with Crippen LogP contribution >= 0.6 is 0 Å². The molecule has 0 saturated carbocycles. The average Bonchev–Trinajstić information content (AvgIpc) is 2.38. The first-order valence-corrected chi connectivity index (χ1v) is 5.11. The number of carbonyl (C=O) groups is 1. The fraction of sp³-hybridized carbons (Fsp3) is 0. The van der Waals surface area contributed by atoms with Crippen LogP contribution in [0.5, 0.6) is 0 Å². The van der Waals surface area contributed by atoms with Crippen molar-refractivity contribution >= 4 is 12.0 Å². The Kier molecular flexibility index (Phi) is 3.14. The number of non-ortho nitro benzene ring substituents is 1. The van der Waals surface area contributed by atoms with E-state index in [1.54, 1.807) is 6.07 Å². The fourth-order valence-corrected chi connectivity index (χ4v) is 1.63. The molecule has 0 bridgehead atoms. The molecular weight excluding hydrogens is 237 g/mol. The van der Waals surface area contributed by atoms with Gasteiger partial charge in [0.15, 0.2) is 0 Å². The van der Waals surface area contributed by atoms with Crippen LogP contribution in [0, 0.1) is 15.9 Å². The maximum atomic E-state index is 13.7. The number of aldehydes is 1. The van der Waals surface area contributed by atoms with Crippen LogP contribution in [-0.4, -0.2) is 11.2 Å². The van der Waals surface area contributed by atoms with Crippen molar-refractivity contribution in [2.45, 2.75) is 0 Å². The minimum Gasteiger partial charge on any atom is -0.298 e. The summed E-state index contributed by atoms with van der Waals surface area (Å²) < 4.78 is 13.7. The van der Waals surface area contributed by atoms with Crippen molar-refractivity contribution in [3.05, 3.63) is 64.0 Å². The van der Waals surface area contributed by atoms with Crippen LogP contribution in [0.4, 0.5) is 10.1 Å². The largest absolute Gasteiger partial charge is 0.298 e. The van der Waals surface area contributed by atoms with Gasteiger partial charge in [-0.3, -0.25) is 14.9 Å². The third-order valence-electron chi connectivity index (χ3n) is 2.50. The van der Waals surface area contributed by atoms with Gasteiger partial charge >= 0.3 is 0 Å². The highest BCUT2D eigenvalue weighted by Gasteiger charge is 2.10. The molecule has 0 fully saturated rings. The standard InChI is InChI=1S/C13H8FNO3/c14-13-6-9(8-16)4-5-12(13)10-2-1-3-11(7-10)15(17)18/h1-8H. The van der Waals surface area contributed by atoms with E-state index in [2.05, 4.69) is 0 Å². The Labute approximate surface area is 102 Å². The third kappa shape index (κ3) is 2.24. The van der Waals surface area contributed by atoms with Crippen LogP contribution < -0.4 is 0 Å². The molecule has 0 spiro atoms. The number of carbonyl (C=O) groups excluding carboxylic acids is 1. The average molecular weight is 245 g/mol. The van der Waals surface area contributed by atoms with E-state index in [1.807, 2.05) is 0 Å². The van der Waals surface area contributed by atoms with Gasteiger partial charge in [0.1, 0.15) is 12.1 Å². The number of halogens is 1. The van der Waals surface area contributed by atoms with E-state index in [0.29, 0.717) is 11.8 Å². The molecule has 0 radical (unpaired) electrons. The highest BCUT2D eigenvalue weighted by atomic mass is 19.1. The van der Waals surface area contributed by atoms with Crippen molar-refractivity contribution < 1.29 is 14.1 Å². The number of nitro groups is 1. The maximum absolute atomic E-state index is 13.7. The molecule has 2 aromatic carbocycles. The van der Waals surface area contributed by atoms with Crippen LogP contribution in [0.2, 0.25) is 0 Å². The third-order valence-corrected chi connectivity index (χ3v) is 2.50. The normalized spacial score (nSPS) is 10.1. The summed E-state index contributed by atoms with van der Waals surface area (Å²) in [5, 5.41) is 10.6. The van der Waals surface area contributed by atoms with Gasteiger partial charge in [-0.1, -0.05) is 24.3 Å². The van der Waals surface area contributed by atoms with Gasteiger partial charge in [0.25, 0.3) is 5.69 Å². The molecule has 2 aromatic rings. The Balaban J connectivity index is 2.51. The lowest BCUT2D eigenvalue weighted by Crippen LogP contribution is -1.91. The van der Waals surface area contributed by atoms with E-state index in [9.17, 15) is 19.3 Å². The summed E-state index contributed by atoms with van der Waals surface area (Å²) in [4.78, 5) is 20.6. The maximum Gasteiger partial charge on any atom is 0.270 e. The first kappa shape index (κ1) is 11.9. The second kappa shape index (κ2) is 4.75. The SMILES string of the molecule is O=Cc1ccc(-c2cccc([N+](=O)[O-])c2)c(F)c1. The molecule has 18 heavy (non-hydrogen) atoms. The van der Waals surface area contributed by atoms with Gasteiger partial charge in [-0.15, -0.1) is 0 Å². The second-order valence-electron chi connectivity index (χ2n) is 3.66. The van der Waals surface area contributed by atoms with Crippen molar-refractivity contribution in [1.82, 2.24) is 0 Å². The molecule has 0 aliphatic heterocycles. The molecule has 0 aliphatic carbocycles. The van der Waals surface area contributed by atoms with Crippen molar-refractivity contribution in [3.63, 3.8) is 0 Å². The quantitative estimate of drug-likeness (QED) is 0.474. The monoisotopic (exact) mass is 245 g/mol. The highest BCUT2D eigenvalue weighted by Crippen LogP contribution is 2.26. The topological polar surface area (TPSA) is 60.2 Å². The second-order valence-corrected chi connectivity index (χ2v) is 3.66. The van der Waals surface area contributed by atoms with Crippen molar-refractivity contribution in [1.29, 1.82) is 0 Å². The van der Waals surface area contributed by atoms with Crippen LogP contribution in [0.15, 0.2) is 42.5 Å². The first-order valence-electron chi connectivity index (χ1n) is 5.11. The predicted octanol–water partition coefficient (Wildman–Crippen LogP) is 3.21. The van der Waals surface area contributed by atoms with E-state index < -0.39 is 10.7 Å². The molecule has 4 nitrogen and oxygen atoms in total. The fourth-order valence-electron chi connectivity index (χ4n) is 1.63. The van der Waals surface area contributed by atoms with Crippen LogP contribution in [0.1, 0.15) is 10.4 Å². The zero-order valence-electron chi connectivity index (χ0n) is 9.17. The number of nitro benzene ring substituents is 1. The van der Waals surface area contributed by atoms with Crippen LogP contribution in [0.3, 0.4) is 0 Å². The summed E-state index contributed by atoms with van der Waals surface area (Å²) >= 11 is 0. The van der Waals surface area contributed by atoms with Crippen molar-refractivity contribution in [2.75, 3.05) is 0 Å². The Hall–Kier alpha value is -2.56. The molecule has 2 rings (SSSR count). The molecule has 0 atom stereocenters. The number of benzene rings is 2. The lowest BCUT2D eigenvalue weighted by molar-refractivity contribution is -0.384. The van der Waals surface area contributed by atoms with Gasteiger partial charge in [-0.2, -0.15) is 0 Å². The predicted molar refractivity (Wildman–Crippen MR) is 63.9 cm³/mol. The summed E-state index contributed by atoms with van der Waals surface area (Å²) in [7, 11) is 0. The molecule has 5 heteroatoms. The Morgan fingerprint density at radius 3 is 2.56 bits per heavy atom. The summed E-state index contributed by atoms with van der Waals surface area (Å²) in [5.41, 5.74) is 0.747. The van der Waals surface area contributed by atoms with E-state index in [1.165, 1.54) is 30.3 Å². The van der Waals surface area contributed by atoms with E-state index in [4.69, 9.17) is 0 Å². The Bertz CT molecular complexity index is 625. The number of rotatable bonds is 3. The smallest absolute Gasteiger partial charge is 0.270 e. The van der Waals surface area contributed by atoms with Gasteiger partial charge < -0.3 is 0 Å². The molecule has 0 aromatic heterocycles. The minimum atomic E-state index is -0.583.